The fraction of sp³-hybridized carbons (Fsp3) is 0.400. The number of ether oxygens (including phenoxy) is 1. The molecule has 4 heteroatoms. The van der Waals surface area contributed by atoms with Crippen LogP contribution in [0, 0.1) is 0 Å². The molecule has 0 aliphatic heterocycles. The lowest BCUT2D eigenvalue weighted by atomic mass is 10.3. The van der Waals surface area contributed by atoms with E-state index in [1.54, 1.807) is 0 Å². The number of aryl methyl sites for hydroxylation is 1. The van der Waals surface area contributed by atoms with E-state index < -0.39 is 0 Å². The Morgan fingerprint density at radius 1 is 1.11 bits per heavy atom. The van der Waals surface area contributed by atoms with Crippen LogP contribution in [0.3, 0.4) is 0 Å². The topological polar surface area (TPSA) is 39.1 Å². The summed E-state index contributed by atoms with van der Waals surface area (Å²) < 4.78 is 7.71. The highest BCUT2D eigenvalue weighted by Crippen LogP contribution is 2.07. The van der Waals surface area contributed by atoms with Crippen molar-refractivity contribution in [1.29, 1.82) is 0 Å². The van der Waals surface area contributed by atoms with Gasteiger partial charge in [0.05, 0.1) is 6.33 Å². The second kappa shape index (κ2) is 8.32. The predicted molar refractivity (Wildman–Crippen MR) is 76.3 cm³/mol. The smallest absolute Gasteiger partial charge is 0.119 e. The number of hydrogen-bond donors (Lipinski definition) is 1. The largest absolute Gasteiger partial charge is 0.492 e. The van der Waals surface area contributed by atoms with E-state index >= 15 is 0 Å². The Labute approximate surface area is 114 Å². The van der Waals surface area contributed by atoms with Crippen molar-refractivity contribution in [3.05, 3.63) is 49.1 Å². The quantitative estimate of drug-likeness (QED) is 0.702. The van der Waals surface area contributed by atoms with Crippen molar-refractivity contribution in [3.8, 4) is 5.75 Å². The number of nitrogens with one attached hydrogen (secondary N) is 1. The minimum absolute atomic E-state index is 0.714. The van der Waals surface area contributed by atoms with E-state index in [2.05, 4.69) is 14.9 Å². The van der Waals surface area contributed by atoms with Crippen LogP contribution in [0.4, 0.5) is 0 Å². The summed E-state index contributed by atoms with van der Waals surface area (Å²) in [6.07, 6.45) is 8.02. The summed E-state index contributed by atoms with van der Waals surface area (Å²) in [6.45, 7) is 3.68. The van der Waals surface area contributed by atoms with Gasteiger partial charge >= 0.3 is 0 Å². The molecule has 1 aromatic heterocycles. The van der Waals surface area contributed by atoms with Gasteiger partial charge in [-0.2, -0.15) is 0 Å². The lowest BCUT2D eigenvalue weighted by Gasteiger charge is -2.07. The SMILES string of the molecule is c1ccc(OCCNCCCCn2ccnc2)cc1. The maximum absolute atomic E-state index is 5.60. The fourth-order valence-corrected chi connectivity index (χ4v) is 1.85. The lowest BCUT2D eigenvalue weighted by Crippen LogP contribution is -2.22. The van der Waals surface area contributed by atoms with Gasteiger partial charge in [-0.15, -0.1) is 0 Å². The van der Waals surface area contributed by atoms with E-state index in [0.29, 0.717) is 6.61 Å². The van der Waals surface area contributed by atoms with Crippen LogP contribution in [0.25, 0.3) is 0 Å². The van der Waals surface area contributed by atoms with Crippen LogP contribution in [0.5, 0.6) is 5.75 Å². The molecule has 0 saturated heterocycles. The first-order valence-corrected chi connectivity index (χ1v) is 6.79. The molecule has 0 radical (unpaired) electrons. The van der Waals surface area contributed by atoms with Crippen molar-refractivity contribution in [3.63, 3.8) is 0 Å². The van der Waals surface area contributed by atoms with Gasteiger partial charge in [0, 0.05) is 25.5 Å². The van der Waals surface area contributed by atoms with E-state index in [4.69, 9.17) is 4.74 Å². The fourth-order valence-electron chi connectivity index (χ4n) is 1.85. The molecule has 1 N–H and O–H groups in total. The summed E-state index contributed by atoms with van der Waals surface area (Å²) in [5.74, 6) is 0.935. The Hall–Kier alpha value is -1.81. The molecule has 0 atom stereocenters. The van der Waals surface area contributed by atoms with Crippen LogP contribution in [0.2, 0.25) is 0 Å². The average Bonchev–Trinajstić information content (AvgIpc) is 2.96. The van der Waals surface area contributed by atoms with Crippen molar-refractivity contribution >= 4 is 0 Å². The molecule has 0 aliphatic carbocycles. The molecule has 1 heterocycles. The minimum Gasteiger partial charge on any atom is -0.492 e. The Bertz CT molecular complexity index is 428. The Balaban J connectivity index is 1.42. The van der Waals surface area contributed by atoms with Crippen molar-refractivity contribution in [2.45, 2.75) is 19.4 Å². The zero-order chi connectivity index (χ0) is 13.2. The van der Waals surface area contributed by atoms with Crippen molar-refractivity contribution in [2.24, 2.45) is 0 Å². The second-order valence-electron chi connectivity index (χ2n) is 4.42. The number of unbranched alkanes of at least 4 members (excludes halogenated alkanes) is 1. The van der Waals surface area contributed by atoms with Gasteiger partial charge < -0.3 is 14.6 Å². The molecule has 0 aliphatic rings. The molecule has 0 spiro atoms. The van der Waals surface area contributed by atoms with Crippen LogP contribution in [-0.2, 0) is 6.54 Å². The molecule has 0 fully saturated rings. The van der Waals surface area contributed by atoms with Gasteiger partial charge in [0.15, 0.2) is 0 Å². The highest BCUT2D eigenvalue weighted by molar-refractivity contribution is 5.20. The lowest BCUT2D eigenvalue weighted by molar-refractivity contribution is 0.313. The number of para-hydroxylation sites is 1. The molecule has 19 heavy (non-hydrogen) atoms. The zero-order valence-electron chi connectivity index (χ0n) is 11.2. The normalized spacial score (nSPS) is 10.5. The number of rotatable bonds is 9. The summed E-state index contributed by atoms with van der Waals surface area (Å²) in [6, 6.07) is 9.92. The van der Waals surface area contributed by atoms with Crippen molar-refractivity contribution in [2.75, 3.05) is 19.7 Å². The van der Waals surface area contributed by atoms with Gasteiger partial charge in [-0.1, -0.05) is 18.2 Å². The van der Waals surface area contributed by atoms with Gasteiger partial charge in [0.1, 0.15) is 12.4 Å². The first kappa shape index (κ1) is 13.6. The Morgan fingerprint density at radius 2 is 2.00 bits per heavy atom. The number of nitrogens with zero attached hydrogens (tertiary/aromatic N) is 2. The Kier molecular flexibility index (Phi) is 5.96. The predicted octanol–water partition coefficient (Wildman–Crippen LogP) is 2.33. The summed E-state index contributed by atoms with van der Waals surface area (Å²) in [7, 11) is 0. The summed E-state index contributed by atoms with van der Waals surface area (Å²) in [5.41, 5.74) is 0. The first-order chi connectivity index (χ1) is 9.45. The number of aromatic nitrogens is 2. The molecule has 0 unspecified atom stereocenters. The van der Waals surface area contributed by atoms with Crippen molar-refractivity contribution in [1.82, 2.24) is 14.9 Å². The third-order valence-electron chi connectivity index (χ3n) is 2.87. The number of benzene rings is 1. The maximum Gasteiger partial charge on any atom is 0.119 e. The van der Waals surface area contributed by atoms with Crippen molar-refractivity contribution < 1.29 is 4.74 Å². The van der Waals surface area contributed by atoms with E-state index in [-0.39, 0.29) is 0 Å². The molecule has 2 aromatic rings. The standard InChI is InChI=1S/C15H21N3O/c1-2-6-15(7-3-1)19-13-10-16-8-4-5-11-18-12-9-17-14-18/h1-3,6-7,9,12,14,16H,4-5,8,10-11,13H2. The highest BCUT2D eigenvalue weighted by Gasteiger charge is 1.93. The molecular weight excluding hydrogens is 238 g/mol. The van der Waals surface area contributed by atoms with Crippen LogP contribution < -0.4 is 10.1 Å². The molecule has 0 amide bonds. The minimum atomic E-state index is 0.714. The van der Waals surface area contributed by atoms with E-state index in [1.807, 2.05) is 49.1 Å². The molecule has 2 rings (SSSR count). The van der Waals surface area contributed by atoms with Gasteiger partial charge in [0.2, 0.25) is 0 Å². The average molecular weight is 259 g/mol. The maximum atomic E-state index is 5.60. The van der Waals surface area contributed by atoms with E-state index in [1.165, 1.54) is 12.8 Å². The van der Waals surface area contributed by atoms with Gasteiger partial charge in [-0.3, -0.25) is 0 Å². The molecule has 1 aromatic carbocycles. The van der Waals surface area contributed by atoms with Crippen LogP contribution in [0.15, 0.2) is 49.1 Å². The molecule has 0 bridgehead atoms. The van der Waals surface area contributed by atoms with Crippen LogP contribution >= 0.6 is 0 Å². The summed E-state index contributed by atoms with van der Waals surface area (Å²) in [5, 5.41) is 3.39. The third-order valence-corrected chi connectivity index (χ3v) is 2.87. The van der Waals surface area contributed by atoms with Gasteiger partial charge in [-0.05, 0) is 31.5 Å². The Morgan fingerprint density at radius 3 is 2.79 bits per heavy atom. The summed E-state index contributed by atoms with van der Waals surface area (Å²) in [4.78, 5) is 4.02. The zero-order valence-corrected chi connectivity index (χ0v) is 11.2. The molecule has 102 valence electrons. The summed E-state index contributed by atoms with van der Waals surface area (Å²) >= 11 is 0. The number of imidazole rings is 1. The monoisotopic (exact) mass is 259 g/mol. The highest BCUT2D eigenvalue weighted by atomic mass is 16.5. The third kappa shape index (κ3) is 5.57. The molecular formula is C15H21N3O. The van der Waals surface area contributed by atoms with E-state index in [9.17, 15) is 0 Å². The second-order valence-corrected chi connectivity index (χ2v) is 4.42. The van der Waals surface area contributed by atoms with Gasteiger partial charge in [-0.25, -0.2) is 4.98 Å². The van der Waals surface area contributed by atoms with Crippen LogP contribution in [-0.4, -0.2) is 29.2 Å². The van der Waals surface area contributed by atoms with Gasteiger partial charge in [0.25, 0.3) is 0 Å². The van der Waals surface area contributed by atoms with Crippen LogP contribution in [0.1, 0.15) is 12.8 Å². The molecule has 4 nitrogen and oxygen atoms in total. The first-order valence-electron chi connectivity index (χ1n) is 6.79. The number of hydrogen-bond acceptors (Lipinski definition) is 3. The molecule has 0 saturated carbocycles. The van der Waals surface area contributed by atoms with E-state index in [0.717, 1.165) is 25.4 Å².